The number of rotatable bonds is 1. The molecule has 0 bridgehead atoms. The first-order valence-electron chi connectivity index (χ1n) is 4.42. The van der Waals surface area contributed by atoms with Crippen molar-refractivity contribution in [3.8, 4) is 16.9 Å². The number of hydrogen-bond donors (Lipinski definition) is 1. The fourth-order valence-corrected chi connectivity index (χ4v) is 1.78. The monoisotopic (exact) mass is 238 g/mol. The van der Waals surface area contributed by atoms with Crippen LogP contribution in [0.3, 0.4) is 0 Å². The predicted octanol–water partition coefficient (Wildman–Crippen LogP) is 4.37. The molecule has 0 aromatic heterocycles. The lowest BCUT2D eigenvalue weighted by Gasteiger charge is -2.05. The largest absolute Gasteiger partial charge is 0.508 e. The van der Waals surface area contributed by atoms with E-state index in [0.717, 1.165) is 11.1 Å². The van der Waals surface area contributed by atoms with E-state index < -0.39 is 0 Å². The first-order valence-corrected chi connectivity index (χ1v) is 5.17. The average molecular weight is 239 g/mol. The smallest absolute Gasteiger partial charge is 0.115 e. The van der Waals surface area contributed by atoms with E-state index in [1.165, 1.54) is 0 Å². The van der Waals surface area contributed by atoms with Crippen LogP contribution >= 0.6 is 23.2 Å². The first-order chi connectivity index (χ1) is 7.18. The molecule has 1 nitrogen and oxygen atoms in total. The van der Waals surface area contributed by atoms with E-state index in [1.807, 2.05) is 12.1 Å². The number of halogens is 2. The summed E-state index contributed by atoms with van der Waals surface area (Å²) in [7, 11) is 0. The van der Waals surface area contributed by atoms with Gasteiger partial charge in [-0.15, -0.1) is 0 Å². The van der Waals surface area contributed by atoms with Crippen molar-refractivity contribution < 1.29 is 5.11 Å². The van der Waals surface area contributed by atoms with Crippen LogP contribution in [0.5, 0.6) is 5.75 Å². The molecule has 2 aromatic rings. The lowest BCUT2D eigenvalue weighted by atomic mass is 10.1. The molecule has 0 aliphatic carbocycles. The molecule has 0 heterocycles. The van der Waals surface area contributed by atoms with Gasteiger partial charge in [-0.25, -0.2) is 0 Å². The molecular weight excluding hydrogens is 231 g/mol. The number of phenols is 1. The molecule has 2 aromatic carbocycles. The summed E-state index contributed by atoms with van der Waals surface area (Å²) in [6.45, 7) is 0. The second-order valence-electron chi connectivity index (χ2n) is 3.15. The Morgan fingerprint density at radius 2 is 1.53 bits per heavy atom. The van der Waals surface area contributed by atoms with Crippen LogP contribution in [0.1, 0.15) is 0 Å². The molecule has 0 amide bonds. The third-order valence-electron chi connectivity index (χ3n) is 2.13. The van der Waals surface area contributed by atoms with Gasteiger partial charge in [0.25, 0.3) is 0 Å². The van der Waals surface area contributed by atoms with Crippen molar-refractivity contribution >= 4 is 23.2 Å². The Hall–Kier alpha value is -1.18. The summed E-state index contributed by atoms with van der Waals surface area (Å²) in [5.74, 6) is 0.233. The number of phenolic OH excluding ortho intramolecular Hbond substituents is 1. The highest BCUT2D eigenvalue weighted by Gasteiger charge is 2.05. The average Bonchev–Trinajstić information content (AvgIpc) is 2.24. The van der Waals surface area contributed by atoms with E-state index in [0.29, 0.717) is 10.0 Å². The Morgan fingerprint density at radius 1 is 0.867 bits per heavy atom. The second kappa shape index (κ2) is 4.13. The van der Waals surface area contributed by atoms with Crippen molar-refractivity contribution in [3.63, 3.8) is 0 Å². The zero-order valence-electron chi connectivity index (χ0n) is 7.74. The molecule has 76 valence electrons. The van der Waals surface area contributed by atoms with Crippen LogP contribution in [0.2, 0.25) is 10.0 Å². The SMILES string of the molecule is Oc1ccc(-c2cccc(Cl)c2Cl)cc1. The van der Waals surface area contributed by atoms with Crippen LogP contribution in [0, 0.1) is 0 Å². The molecule has 2 rings (SSSR count). The van der Waals surface area contributed by atoms with Crippen LogP contribution in [0.4, 0.5) is 0 Å². The van der Waals surface area contributed by atoms with Gasteiger partial charge in [-0.2, -0.15) is 0 Å². The molecule has 0 spiro atoms. The van der Waals surface area contributed by atoms with Gasteiger partial charge < -0.3 is 5.11 Å². The highest BCUT2D eigenvalue weighted by molar-refractivity contribution is 6.43. The zero-order chi connectivity index (χ0) is 10.8. The van der Waals surface area contributed by atoms with E-state index in [4.69, 9.17) is 28.3 Å². The van der Waals surface area contributed by atoms with Crippen LogP contribution < -0.4 is 0 Å². The normalized spacial score (nSPS) is 10.3. The molecule has 0 unspecified atom stereocenters. The van der Waals surface area contributed by atoms with Crippen molar-refractivity contribution in [1.29, 1.82) is 0 Å². The van der Waals surface area contributed by atoms with Crippen molar-refractivity contribution in [2.75, 3.05) is 0 Å². The molecule has 0 saturated heterocycles. The van der Waals surface area contributed by atoms with Crippen LogP contribution in [0.25, 0.3) is 11.1 Å². The molecule has 0 fully saturated rings. The van der Waals surface area contributed by atoms with E-state index in [-0.39, 0.29) is 5.75 Å². The van der Waals surface area contributed by atoms with Gasteiger partial charge in [0.2, 0.25) is 0 Å². The summed E-state index contributed by atoms with van der Waals surface area (Å²) in [5.41, 5.74) is 1.80. The maximum Gasteiger partial charge on any atom is 0.115 e. The number of hydrogen-bond acceptors (Lipinski definition) is 1. The van der Waals surface area contributed by atoms with Crippen LogP contribution in [-0.2, 0) is 0 Å². The standard InChI is InChI=1S/C12H8Cl2O/c13-11-3-1-2-10(12(11)14)8-4-6-9(15)7-5-8/h1-7,15H. The summed E-state index contributed by atoms with van der Waals surface area (Å²) in [6, 6.07) is 12.3. The third-order valence-corrected chi connectivity index (χ3v) is 2.95. The highest BCUT2D eigenvalue weighted by atomic mass is 35.5. The first kappa shape index (κ1) is 10.3. The van der Waals surface area contributed by atoms with Gasteiger partial charge in [-0.1, -0.05) is 47.5 Å². The molecule has 0 saturated carbocycles. The van der Waals surface area contributed by atoms with Gasteiger partial charge >= 0.3 is 0 Å². The van der Waals surface area contributed by atoms with Crippen molar-refractivity contribution in [3.05, 3.63) is 52.5 Å². The van der Waals surface area contributed by atoms with E-state index in [2.05, 4.69) is 0 Å². The Labute approximate surface area is 97.9 Å². The Kier molecular flexibility index (Phi) is 2.85. The Morgan fingerprint density at radius 3 is 2.20 bits per heavy atom. The Balaban J connectivity index is 2.54. The molecule has 0 radical (unpaired) electrons. The predicted molar refractivity (Wildman–Crippen MR) is 63.6 cm³/mol. The van der Waals surface area contributed by atoms with Crippen molar-refractivity contribution in [1.82, 2.24) is 0 Å². The summed E-state index contributed by atoms with van der Waals surface area (Å²) in [6.07, 6.45) is 0. The van der Waals surface area contributed by atoms with Crippen LogP contribution in [-0.4, -0.2) is 5.11 Å². The van der Waals surface area contributed by atoms with Gasteiger partial charge in [0.05, 0.1) is 10.0 Å². The summed E-state index contributed by atoms with van der Waals surface area (Å²) in [4.78, 5) is 0. The van der Waals surface area contributed by atoms with Gasteiger partial charge in [0.15, 0.2) is 0 Å². The maximum absolute atomic E-state index is 9.17. The molecular formula is C12H8Cl2O. The molecule has 3 heteroatoms. The van der Waals surface area contributed by atoms with Crippen molar-refractivity contribution in [2.45, 2.75) is 0 Å². The Bertz CT molecular complexity index is 477. The minimum atomic E-state index is 0.233. The zero-order valence-corrected chi connectivity index (χ0v) is 9.26. The minimum absolute atomic E-state index is 0.233. The lowest BCUT2D eigenvalue weighted by molar-refractivity contribution is 0.475. The van der Waals surface area contributed by atoms with Gasteiger partial charge in [-0.05, 0) is 23.8 Å². The van der Waals surface area contributed by atoms with Gasteiger partial charge in [0, 0.05) is 5.56 Å². The lowest BCUT2D eigenvalue weighted by Crippen LogP contribution is -1.79. The maximum atomic E-state index is 9.17. The van der Waals surface area contributed by atoms with Crippen molar-refractivity contribution in [2.24, 2.45) is 0 Å². The van der Waals surface area contributed by atoms with E-state index in [1.54, 1.807) is 30.3 Å². The molecule has 0 atom stereocenters. The van der Waals surface area contributed by atoms with Crippen LogP contribution in [0.15, 0.2) is 42.5 Å². The molecule has 0 aliphatic heterocycles. The third kappa shape index (κ3) is 2.09. The topological polar surface area (TPSA) is 20.2 Å². The molecule has 1 N–H and O–H groups in total. The van der Waals surface area contributed by atoms with Gasteiger partial charge in [0.1, 0.15) is 5.75 Å². The highest BCUT2D eigenvalue weighted by Crippen LogP contribution is 2.33. The molecule has 15 heavy (non-hydrogen) atoms. The summed E-state index contributed by atoms with van der Waals surface area (Å²) in [5, 5.41) is 10.2. The number of aromatic hydroxyl groups is 1. The quantitative estimate of drug-likeness (QED) is 0.783. The number of benzene rings is 2. The van der Waals surface area contributed by atoms with Gasteiger partial charge in [-0.3, -0.25) is 0 Å². The van der Waals surface area contributed by atoms with E-state index >= 15 is 0 Å². The minimum Gasteiger partial charge on any atom is -0.508 e. The second-order valence-corrected chi connectivity index (χ2v) is 3.93. The molecule has 0 aliphatic rings. The fourth-order valence-electron chi connectivity index (χ4n) is 1.37. The summed E-state index contributed by atoms with van der Waals surface area (Å²) >= 11 is 12.0. The van der Waals surface area contributed by atoms with E-state index in [9.17, 15) is 0 Å². The summed E-state index contributed by atoms with van der Waals surface area (Å²) < 4.78 is 0. The fraction of sp³-hybridized carbons (Fsp3) is 0.